The zero-order chi connectivity index (χ0) is 37.2. The second-order valence-corrected chi connectivity index (χ2v) is 15.2. The predicted octanol–water partition coefficient (Wildman–Crippen LogP) is 8.68. The molecule has 0 spiro atoms. The molecule has 0 amide bonds. The molecule has 0 unspecified atom stereocenters. The molecule has 0 atom stereocenters. The van der Waals surface area contributed by atoms with Gasteiger partial charge in [0.1, 0.15) is 11.4 Å². The second-order valence-electron chi connectivity index (χ2n) is 13.4. The van der Waals surface area contributed by atoms with Crippen molar-refractivity contribution in [2.75, 3.05) is 33.5 Å². The molecule has 0 fully saturated rings. The Bertz CT molecular complexity index is 2310. The molecule has 0 saturated heterocycles. The van der Waals surface area contributed by atoms with Crippen LogP contribution in [0.5, 0.6) is 5.75 Å². The number of carbonyl (C=O) groups is 1. The van der Waals surface area contributed by atoms with Crippen molar-refractivity contribution < 1.29 is 24.1 Å². The maximum Gasteiger partial charge on any atom is 0.352 e. The van der Waals surface area contributed by atoms with Crippen LogP contribution in [0.15, 0.2) is 48.5 Å². The third kappa shape index (κ3) is 7.68. The minimum atomic E-state index is -0.988. The zero-order valence-electron chi connectivity index (χ0n) is 30.4. The van der Waals surface area contributed by atoms with Crippen LogP contribution in [-0.2, 0) is 54.0 Å². The van der Waals surface area contributed by atoms with Crippen molar-refractivity contribution in [2.45, 2.75) is 57.7 Å². The summed E-state index contributed by atoms with van der Waals surface area (Å²) in [5.41, 5.74) is 8.55. The van der Waals surface area contributed by atoms with Crippen molar-refractivity contribution in [3.05, 3.63) is 98.2 Å². The van der Waals surface area contributed by atoms with Gasteiger partial charge in [0.25, 0.3) is 0 Å². The van der Waals surface area contributed by atoms with E-state index in [1.807, 2.05) is 65.2 Å². The first-order valence-electron chi connectivity index (χ1n) is 17.8. The molecular formula is C40H43Cl2N5O5S. The summed E-state index contributed by atoms with van der Waals surface area (Å²) in [4.78, 5) is 12.9. The maximum absolute atomic E-state index is 12.9. The summed E-state index contributed by atoms with van der Waals surface area (Å²) in [6.45, 7) is 6.72. The first-order chi connectivity index (χ1) is 25.6. The van der Waals surface area contributed by atoms with Gasteiger partial charge in [-0.2, -0.15) is 10.2 Å². The molecule has 13 heteroatoms. The van der Waals surface area contributed by atoms with E-state index in [-0.39, 0.29) is 5.69 Å². The van der Waals surface area contributed by atoms with Gasteiger partial charge < -0.3 is 23.9 Å². The van der Waals surface area contributed by atoms with Crippen LogP contribution in [0.3, 0.4) is 0 Å². The van der Waals surface area contributed by atoms with E-state index in [4.69, 9.17) is 47.6 Å². The van der Waals surface area contributed by atoms with E-state index in [0.29, 0.717) is 73.1 Å². The molecule has 0 saturated carbocycles. The number of thioether (sulfide) groups is 1. The van der Waals surface area contributed by atoms with Gasteiger partial charge in [0.05, 0.1) is 50.1 Å². The lowest BCUT2D eigenvalue weighted by Gasteiger charge is -2.14. The lowest BCUT2D eigenvalue weighted by Crippen LogP contribution is -2.12. The lowest BCUT2D eigenvalue weighted by atomic mass is 9.97. The molecule has 8 bridgehead atoms. The first kappa shape index (κ1) is 37.3. The van der Waals surface area contributed by atoms with E-state index in [1.54, 1.807) is 18.9 Å². The number of aromatic nitrogens is 5. The van der Waals surface area contributed by atoms with Crippen molar-refractivity contribution >= 4 is 62.6 Å². The van der Waals surface area contributed by atoms with Gasteiger partial charge in [-0.1, -0.05) is 29.3 Å². The Kier molecular flexibility index (Phi) is 11.4. The summed E-state index contributed by atoms with van der Waals surface area (Å²) < 4.78 is 23.3. The van der Waals surface area contributed by atoms with Gasteiger partial charge in [0, 0.05) is 75.4 Å². The number of halogens is 2. The molecule has 0 radical (unpaired) electrons. The molecule has 7 rings (SSSR count). The Morgan fingerprint density at radius 1 is 1.00 bits per heavy atom. The second kappa shape index (κ2) is 16.2. The van der Waals surface area contributed by atoms with Gasteiger partial charge in [-0.05, 0) is 92.1 Å². The molecule has 6 aromatic rings. The van der Waals surface area contributed by atoms with Crippen molar-refractivity contribution in [2.24, 2.45) is 7.05 Å². The summed E-state index contributed by atoms with van der Waals surface area (Å²) in [6.07, 6.45) is 2.20. The fourth-order valence-electron chi connectivity index (χ4n) is 7.48. The minimum absolute atomic E-state index is 0.242. The van der Waals surface area contributed by atoms with Crippen molar-refractivity contribution in [3.8, 4) is 16.9 Å². The topological polar surface area (TPSA) is 106 Å². The highest BCUT2D eigenvalue weighted by Gasteiger charge is 2.27. The number of benzene rings is 3. The van der Waals surface area contributed by atoms with E-state index in [9.17, 15) is 9.90 Å². The van der Waals surface area contributed by atoms with E-state index in [1.165, 1.54) is 0 Å². The molecular weight excluding hydrogens is 733 g/mol. The van der Waals surface area contributed by atoms with Gasteiger partial charge >= 0.3 is 5.97 Å². The third-order valence-corrected chi connectivity index (χ3v) is 11.4. The molecule has 1 aliphatic rings. The van der Waals surface area contributed by atoms with E-state index in [0.717, 1.165) is 79.7 Å². The standard InChI is InChI=1S/C40H43Cl2N5O5S/c1-24-36-33-11-10-32(42)38(36)37-25(2)43-47(13-15-51-17-16-50-4)34(37)23-53-22-29-21-30(45(3)44-29)8-6-26-18-27-20-28(41)7-9-31(27)35(19-26)52-14-5-12-46(33)39(24)40(48)49/h7,9-11,18-21H,5-6,8,12-17,22-23H2,1-4H3,(H,48,49). The summed E-state index contributed by atoms with van der Waals surface area (Å²) >= 11 is 15.3. The van der Waals surface area contributed by atoms with Crippen molar-refractivity contribution in [1.82, 2.24) is 24.1 Å². The van der Waals surface area contributed by atoms with Gasteiger partial charge in [-0.3, -0.25) is 9.36 Å². The van der Waals surface area contributed by atoms with Crippen LogP contribution in [0, 0.1) is 13.8 Å². The molecule has 53 heavy (non-hydrogen) atoms. The number of aryl methyl sites for hydroxylation is 6. The molecule has 10 nitrogen and oxygen atoms in total. The predicted molar refractivity (Wildman–Crippen MR) is 212 cm³/mol. The molecule has 3 aromatic carbocycles. The van der Waals surface area contributed by atoms with Gasteiger partial charge in [0.2, 0.25) is 0 Å². The third-order valence-electron chi connectivity index (χ3n) is 9.89. The number of carboxylic acid groups (broad SMARTS) is 1. The Balaban J connectivity index is 1.34. The normalized spacial score (nSPS) is 14.0. The van der Waals surface area contributed by atoms with Crippen LogP contribution in [-0.4, -0.2) is 68.7 Å². The summed E-state index contributed by atoms with van der Waals surface area (Å²) in [5.74, 6) is 1.13. The maximum atomic E-state index is 12.9. The van der Waals surface area contributed by atoms with Crippen LogP contribution in [0.25, 0.3) is 32.8 Å². The molecule has 278 valence electrons. The Hall–Kier alpha value is -4.00. The molecule has 1 N–H and O–H groups in total. The highest BCUT2D eigenvalue weighted by Crippen LogP contribution is 2.43. The summed E-state index contributed by atoms with van der Waals surface area (Å²) in [6, 6.07) is 16.1. The van der Waals surface area contributed by atoms with Crippen LogP contribution in [0.2, 0.25) is 10.0 Å². The Labute approximate surface area is 322 Å². The first-order valence-corrected chi connectivity index (χ1v) is 19.7. The van der Waals surface area contributed by atoms with Gasteiger partial charge in [-0.15, -0.1) is 11.8 Å². The van der Waals surface area contributed by atoms with E-state index in [2.05, 4.69) is 18.2 Å². The molecule has 0 aliphatic carbocycles. The number of fused-ring (bicyclic) bond motifs is 8. The number of methoxy groups -OCH3 is 1. The molecule has 1 aliphatic heterocycles. The number of hydrogen-bond donors (Lipinski definition) is 1. The minimum Gasteiger partial charge on any atom is -0.493 e. The quantitative estimate of drug-likeness (QED) is 0.161. The average molecular weight is 777 g/mol. The molecule has 4 heterocycles. The fraction of sp³-hybridized carbons (Fsp3) is 0.375. The SMILES string of the molecule is COCCOCCn1nc(C)c2c1CSCc1cc(n(C)n1)CCc1cc(c3ccc(Cl)cc3c1)OCCCn1c(C(=O)O)c(C)c3c-2c(Cl)ccc31. The number of hydrogen-bond acceptors (Lipinski definition) is 7. The number of rotatable bonds is 7. The zero-order valence-corrected chi connectivity index (χ0v) is 32.7. The Morgan fingerprint density at radius 3 is 2.66 bits per heavy atom. The van der Waals surface area contributed by atoms with Gasteiger partial charge in [-0.25, -0.2) is 4.79 Å². The monoisotopic (exact) mass is 775 g/mol. The Morgan fingerprint density at radius 2 is 1.85 bits per heavy atom. The lowest BCUT2D eigenvalue weighted by molar-refractivity contribution is 0.0651. The largest absolute Gasteiger partial charge is 0.493 e. The fourth-order valence-corrected chi connectivity index (χ4v) is 8.85. The van der Waals surface area contributed by atoms with Gasteiger partial charge in [0.15, 0.2) is 0 Å². The van der Waals surface area contributed by atoms with Crippen LogP contribution in [0.4, 0.5) is 0 Å². The number of nitrogens with zero attached hydrogens (tertiary/aromatic N) is 5. The molecule has 3 aromatic heterocycles. The van der Waals surface area contributed by atoms with E-state index < -0.39 is 5.97 Å². The average Bonchev–Trinajstić information content (AvgIpc) is 3.74. The number of ether oxygens (including phenoxy) is 3. The van der Waals surface area contributed by atoms with E-state index >= 15 is 0 Å². The van der Waals surface area contributed by atoms with Crippen LogP contribution < -0.4 is 4.74 Å². The smallest absolute Gasteiger partial charge is 0.352 e. The number of carboxylic acids is 1. The number of aromatic carboxylic acids is 1. The van der Waals surface area contributed by atoms with Crippen LogP contribution >= 0.6 is 35.0 Å². The van der Waals surface area contributed by atoms with Crippen LogP contribution in [0.1, 0.15) is 50.8 Å². The van der Waals surface area contributed by atoms with Crippen molar-refractivity contribution in [3.63, 3.8) is 0 Å². The highest BCUT2D eigenvalue weighted by atomic mass is 35.5. The summed E-state index contributed by atoms with van der Waals surface area (Å²) in [5, 5.41) is 24.5. The summed E-state index contributed by atoms with van der Waals surface area (Å²) in [7, 11) is 3.65. The highest BCUT2D eigenvalue weighted by molar-refractivity contribution is 7.97. The van der Waals surface area contributed by atoms with Crippen molar-refractivity contribution in [1.29, 1.82) is 0 Å².